The number of thiophene rings is 1. The van der Waals surface area contributed by atoms with E-state index in [9.17, 15) is 0 Å². The van der Waals surface area contributed by atoms with Crippen LogP contribution in [-0.4, -0.2) is 0 Å². The van der Waals surface area contributed by atoms with Gasteiger partial charge in [-0.05, 0) is 110 Å². The van der Waals surface area contributed by atoms with Crippen LogP contribution in [0.15, 0.2) is 182 Å². The van der Waals surface area contributed by atoms with Gasteiger partial charge in [0.2, 0.25) is 0 Å². The average Bonchev–Trinajstić information content (AvgIpc) is 3.66. The Morgan fingerprint density at radius 3 is 1.16 bits per heavy atom. The van der Waals surface area contributed by atoms with Gasteiger partial charge in [-0.1, -0.05) is 217 Å². The molecular weight excluding hydrogens is 753 g/mol. The summed E-state index contributed by atoms with van der Waals surface area (Å²) in [5.74, 6) is 0. The van der Waals surface area contributed by atoms with Gasteiger partial charge in [0.1, 0.15) is 0 Å². The average molecular weight is 801 g/mol. The minimum atomic E-state index is 0.0125. The quantitative estimate of drug-likeness (QED) is 0.156. The van der Waals surface area contributed by atoms with Crippen molar-refractivity contribution in [3.05, 3.63) is 193 Å². The Hall–Kier alpha value is -6.54. The van der Waals surface area contributed by atoms with E-state index in [1.807, 2.05) is 11.3 Å². The third kappa shape index (κ3) is 6.01. The minimum absolute atomic E-state index is 0.0125. The molecule has 0 saturated heterocycles. The van der Waals surface area contributed by atoms with Gasteiger partial charge in [0, 0.05) is 25.7 Å². The molecule has 0 spiro atoms. The highest BCUT2D eigenvalue weighted by molar-refractivity contribution is 7.26. The van der Waals surface area contributed by atoms with E-state index in [2.05, 4.69) is 224 Å². The predicted molar refractivity (Wildman–Crippen MR) is 268 cm³/mol. The van der Waals surface area contributed by atoms with Crippen LogP contribution < -0.4 is 0 Å². The lowest BCUT2D eigenvalue weighted by molar-refractivity contribution is 0.569. The third-order valence-corrected chi connectivity index (χ3v) is 14.1. The van der Waals surface area contributed by atoms with Crippen LogP contribution in [0.4, 0.5) is 0 Å². The van der Waals surface area contributed by atoms with Crippen molar-refractivity contribution >= 4 is 74.6 Å². The van der Waals surface area contributed by atoms with Gasteiger partial charge in [0.25, 0.3) is 0 Å². The van der Waals surface area contributed by atoms with Crippen molar-refractivity contribution in [3.8, 4) is 44.5 Å². The van der Waals surface area contributed by atoms with Crippen molar-refractivity contribution in [2.75, 3.05) is 0 Å². The Morgan fingerprint density at radius 2 is 0.689 bits per heavy atom. The third-order valence-electron chi connectivity index (χ3n) is 12.9. The molecule has 294 valence electrons. The second-order valence-electron chi connectivity index (χ2n) is 18.8. The van der Waals surface area contributed by atoms with E-state index in [4.69, 9.17) is 0 Å². The standard InChI is InChI=1S/C60H48S/c1-59(2,3)39-34-38(35-40(36-39)60(4,5)6)54-43-24-12-14-26-45(43)55(46-27-15-13-25-44(46)54)49-30-19-33-52-57(49)51-32-18-31-50(58(51)61-52)56-47-28-16-10-22-41(47)53(37-20-8-7-9-21-37)42-23-11-17-29-48(42)56/h7-36H,1-6H3. The summed E-state index contributed by atoms with van der Waals surface area (Å²) in [6, 6.07) is 68.5. The van der Waals surface area contributed by atoms with Crippen molar-refractivity contribution in [3.63, 3.8) is 0 Å². The maximum absolute atomic E-state index is 2.46. The van der Waals surface area contributed by atoms with Gasteiger partial charge in [0.05, 0.1) is 0 Å². The summed E-state index contributed by atoms with van der Waals surface area (Å²) in [4.78, 5) is 0. The van der Waals surface area contributed by atoms with Gasteiger partial charge in [-0.25, -0.2) is 0 Å². The summed E-state index contributed by atoms with van der Waals surface area (Å²) in [6.07, 6.45) is 0. The normalized spacial score (nSPS) is 12.4. The zero-order valence-electron chi connectivity index (χ0n) is 35.7. The molecule has 10 aromatic carbocycles. The lowest BCUT2D eigenvalue weighted by Gasteiger charge is -2.27. The molecule has 0 N–H and O–H groups in total. The van der Waals surface area contributed by atoms with Gasteiger partial charge < -0.3 is 0 Å². The van der Waals surface area contributed by atoms with Crippen LogP contribution in [0.25, 0.3) is 108 Å². The van der Waals surface area contributed by atoms with Crippen LogP contribution >= 0.6 is 11.3 Å². The second kappa shape index (κ2) is 14.0. The van der Waals surface area contributed by atoms with Crippen LogP contribution in [-0.2, 0) is 10.8 Å². The number of benzene rings is 10. The molecule has 0 saturated carbocycles. The maximum Gasteiger partial charge on any atom is 0.0434 e. The van der Waals surface area contributed by atoms with Gasteiger partial charge >= 0.3 is 0 Å². The monoisotopic (exact) mass is 800 g/mol. The second-order valence-corrected chi connectivity index (χ2v) is 19.9. The highest BCUT2D eigenvalue weighted by Gasteiger charge is 2.25. The van der Waals surface area contributed by atoms with Crippen molar-refractivity contribution < 1.29 is 0 Å². The molecule has 0 unspecified atom stereocenters. The van der Waals surface area contributed by atoms with Crippen molar-refractivity contribution in [2.24, 2.45) is 0 Å². The predicted octanol–water partition coefficient (Wildman–Crippen LogP) is 17.9. The fourth-order valence-corrected chi connectivity index (χ4v) is 11.2. The van der Waals surface area contributed by atoms with E-state index < -0.39 is 0 Å². The van der Waals surface area contributed by atoms with Crippen molar-refractivity contribution in [2.45, 2.75) is 52.4 Å². The molecular formula is C60H48S. The number of hydrogen-bond donors (Lipinski definition) is 0. The highest BCUT2D eigenvalue weighted by atomic mass is 32.1. The Bertz CT molecular complexity index is 3390. The summed E-state index contributed by atoms with van der Waals surface area (Å²) in [7, 11) is 0. The molecule has 0 fully saturated rings. The van der Waals surface area contributed by atoms with Crippen LogP contribution in [0.2, 0.25) is 0 Å². The molecule has 0 amide bonds. The molecule has 61 heavy (non-hydrogen) atoms. The number of rotatable bonds is 4. The Labute approximate surface area is 362 Å². The Kier molecular flexibility index (Phi) is 8.61. The van der Waals surface area contributed by atoms with Gasteiger partial charge in [-0.15, -0.1) is 11.3 Å². The highest BCUT2D eigenvalue weighted by Crippen LogP contribution is 2.52. The van der Waals surface area contributed by atoms with Crippen LogP contribution in [0.5, 0.6) is 0 Å². The molecule has 0 nitrogen and oxygen atoms in total. The smallest absolute Gasteiger partial charge is 0.0434 e. The van der Waals surface area contributed by atoms with E-state index in [0.717, 1.165) is 0 Å². The van der Waals surface area contributed by atoms with E-state index in [0.29, 0.717) is 0 Å². The van der Waals surface area contributed by atoms with Crippen LogP contribution in [0.3, 0.4) is 0 Å². The molecule has 0 bridgehead atoms. The first-order chi connectivity index (χ1) is 29.6. The lowest BCUT2D eigenvalue weighted by atomic mass is 9.77. The zero-order valence-corrected chi connectivity index (χ0v) is 36.5. The van der Waals surface area contributed by atoms with E-state index >= 15 is 0 Å². The van der Waals surface area contributed by atoms with Crippen LogP contribution in [0, 0.1) is 0 Å². The summed E-state index contributed by atoms with van der Waals surface area (Å²) < 4.78 is 2.63. The summed E-state index contributed by atoms with van der Waals surface area (Å²) in [5, 5.41) is 12.9. The molecule has 1 heterocycles. The maximum atomic E-state index is 2.46. The first-order valence-electron chi connectivity index (χ1n) is 21.6. The van der Waals surface area contributed by atoms with E-state index in [1.165, 1.54) is 119 Å². The topological polar surface area (TPSA) is 0 Å². The molecule has 0 radical (unpaired) electrons. The largest absolute Gasteiger partial charge is 0.135 e. The van der Waals surface area contributed by atoms with E-state index in [1.54, 1.807) is 0 Å². The summed E-state index contributed by atoms with van der Waals surface area (Å²) in [6.45, 7) is 14.0. The number of fused-ring (bicyclic) bond motifs is 7. The van der Waals surface area contributed by atoms with Crippen molar-refractivity contribution in [1.82, 2.24) is 0 Å². The Balaban J connectivity index is 1.21. The molecule has 0 atom stereocenters. The van der Waals surface area contributed by atoms with Gasteiger partial charge in [-0.2, -0.15) is 0 Å². The molecule has 0 aliphatic rings. The van der Waals surface area contributed by atoms with Crippen LogP contribution in [0.1, 0.15) is 52.7 Å². The SMILES string of the molecule is CC(C)(C)c1cc(-c2c3ccccc3c(-c3cccc4sc5c(-c6c7ccccc7c(-c7ccccc7)c7ccccc67)cccc5c34)c3ccccc23)cc(C(C)(C)C)c1. The van der Waals surface area contributed by atoms with Gasteiger partial charge in [0.15, 0.2) is 0 Å². The Morgan fingerprint density at radius 1 is 0.311 bits per heavy atom. The lowest BCUT2D eigenvalue weighted by Crippen LogP contribution is -2.16. The molecule has 0 aliphatic carbocycles. The first kappa shape index (κ1) is 37.5. The van der Waals surface area contributed by atoms with E-state index in [-0.39, 0.29) is 10.8 Å². The molecule has 11 aromatic rings. The fourth-order valence-electron chi connectivity index (χ4n) is 9.95. The van der Waals surface area contributed by atoms with Crippen molar-refractivity contribution in [1.29, 1.82) is 0 Å². The summed E-state index contributed by atoms with van der Waals surface area (Å²) >= 11 is 1.93. The molecule has 1 aromatic heterocycles. The molecule has 1 heteroatoms. The minimum Gasteiger partial charge on any atom is -0.135 e. The zero-order chi connectivity index (χ0) is 41.6. The van der Waals surface area contributed by atoms with Gasteiger partial charge in [-0.3, -0.25) is 0 Å². The number of hydrogen-bond acceptors (Lipinski definition) is 1. The summed E-state index contributed by atoms with van der Waals surface area (Å²) in [5.41, 5.74) is 13.1. The first-order valence-corrected chi connectivity index (χ1v) is 22.4. The fraction of sp³-hybridized carbons (Fsp3) is 0.133. The molecule has 11 rings (SSSR count). The molecule has 0 aliphatic heterocycles.